The van der Waals surface area contributed by atoms with Crippen molar-refractivity contribution in [3.8, 4) is 11.1 Å². The molecule has 1 N–H and O–H groups in total. The number of unbranched alkanes of at least 4 members (excludes halogenated alkanes) is 2. The van der Waals surface area contributed by atoms with Crippen LogP contribution in [0.2, 0.25) is 25.7 Å². The van der Waals surface area contributed by atoms with Crippen LogP contribution in [-0.2, 0) is 78.5 Å². The van der Waals surface area contributed by atoms with E-state index in [1.165, 1.54) is 113 Å². The number of ether oxygens (including phenoxy) is 5. The van der Waals surface area contributed by atoms with Gasteiger partial charge in [0.25, 0.3) is 0 Å². The van der Waals surface area contributed by atoms with Crippen LogP contribution in [0.3, 0.4) is 0 Å². The number of rotatable bonds is 21. The highest BCUT2D eigenvalue weighted by atomic mass is 28.3. The summed E-state index contributed by atoms with van der Waals surface area (Å²) < 4.78 is 23.9. The van der Waals surface area contributed by atoms with Crippen molar-refractivity contribution < 1.29 is 57.6 Å². The number of aliphatic hydroxyl groups excluding tert-OH is 1. The van der Waals surface area contributed by atoms with Crippen molar-refractivity contribution >= 4 is 43.7 Å². The topological polar surface area (TPSA) is 169 Å². The van der Waals surface area contributed by atoms with Gasteiger partial charge in [-0.15, -0.1) is 6.58 Å². The van der Waals surface area contributed by atoms with Crippen molar-refractivity contribution in [3.63, 3.8) is 0 Å². The Kier molecular flexibility index (Phi) is 78.1. The number of aliphatic hydroxyl groups is 1. The third kappa shape index (κ3) is 79.6. The molecular weight excluding hydrogens is 1250 g/mol. The van der Waals surface area contributed by atoms with E-state index in [0.29, 0.717) is 39.0 Å². The first-order chi connectivity index (χ1) is 46.7. The van der Waals surface area contributed by atoms with E-state index in [2.05, 4.69) is 160 Å². The third-order valence-corrected chi connectivity index (χ3v) is 14.4. The summed E-state index contributed by atoms with van der Waals surface area (Å²) in [4.78, 5) is 61.2. The van der Waals surface area contributed by atoms with E-state index < -0.39 is 8.07 Å². The van der Waals surface area contributed by atoms with Crippen LogP contribution in [0, 0.1) is 23.7 Å². The highest BCUT2D eigenvalue weighted by Gasteiger charge is 2.28. The molecule has 562 valence electrons. The lowest BCUT2D eigenvalue weighted by Crippen LogP contribution is -2.21. The van der Waals surface area contributed by atoms with Crippen molar-refractivity contribution in [1.82, 2.24) is 0 Å². The first kappa shape index (κ1) is 105. The molecule has 0 bridgehead atoms. The number of Topliss-reactive ketones (excluding diaryl/α,β-unsaturated/α-hetero) is 1. The second-order valence-corrected chi connectivity index (χ2v) is 31.0. The minimum atomic E-state index is -0.720. The molecule has 13 heteroatoms. The zero-order chi connectivity index (χ0) is 77.6. The van der Waals surface area contributed by atoms with Crippen molar-refractivity contribution in [3.05, 3.63) is 192 Å². The summed E-state index contributed by atoms with van der Waals surface area (Å²) in [5.74, 6) is 2.23. The lowest BCUT2D eigenvalue weighted by molar-refractivity contribution is -0.143. The Labute approximate surface area is 606 Å². The van der Waals surface area contributed by atoms with Crippen LogP contribution >= 0.6 is 0 Å². The molecule has 0 saturated carbocycles. The molecule has 1 aliphatic rings. The molecule has 5 aromatic rings. The van der Waals surface area contributed by atoms with Gasteiger partial charge in [0.15, 0.2) is 0 Å². The van der Waals surface area contributed by atoms with Crippen LogP contribution in [0.15, 0.2) is 159 Å². The predicted octanol–water partition coefficient (Wildman–Crippen LogP) is 23.1. The van der Waals surface area contributed by atoms with Gasteiger partial charge in [0, 0.05) is 48.6 Å². The Balaban J connectivity index is -0.000000192. The van der Waals surface area contributed by atoms with Gasteiger partial charge in [-0.05, 0) is 114 Å². The van der Waals surface area contributed by atoms with Crippen LogP contribution in [-0.4, -0.2) is 75.2 Å². The Hall–Kier alpha value is -7.22. The van der Waals surface area contributed by atoms with Gasteiger partial charge in [-0.3, -0.25) is 24.0 Å². The predicted molar refractivity (Wildman–Crippen MR) is 426 cm³/mol. The number of benzene rings is 5. The second-order valence-electron chi connectivity index (χ2n) is 25.4. The summed E-state index contributed by atoms with van der Waals surface area (Å²) in [6.07, 6.45) is 12.7. The fourth-order valence-electron chi connectivity index (χ4n) is 7.75. The van der Waals surface area contributed by atoms with Gasteiger partial charge in [-0.1, -0.05) is 308 Å². The van der Waals surface area contributed by atoms with E-state index in [1.807, 2.05) is 133 Å². The molecule has 0 amide bonds. The van der Waals surface area contributed by atoms with Gasteiger partial charge in [0.2, 0.25) is 0 Å². The van der Waals surface area contributed by atoms with E-state index in [-0.39, 0.29) is 48.2 Å². The summed E-state index contributed by atoms with van der Waals surface area (Å²) in [6.45, 7) is 60.8. The zero-order valence-corrected chi connectivity index (χ0v) is 68.2. The summed E-state index contributed by atoms with van der Waals surface area (Å²) in [7, 11) is -0.720. The lowest BCUT2D eigenvalue weighted by atomic mass is 9.98. The van der Waals surface area contributed by atoms with E-state index >= 15 is 0 Å². The van der Waals surface area contributed by atoms with Gasteiger partial charge in [0.1, 0.15) is 25.6 Å². The second kappa shape index (κ2) is 73.5. The number of fused-ring (bicyclic) bond motifs is 3. The van der Waals surface area contributed by atoms with E-state index in [9.17, 15) is 28.8 Å². The van der Waals surface area contributed by atoms with Gasteiger partial charge < -0.3 is 33.6 Å². The molecule has 0 aliphatic heterocycles. The van der Waals surface area contributed by atoms with Gasteiger partial charge in [-0.2, -0.15) is 0 Å². The Morgan fingerprint density at radius 1 is 0.465 bits per heavy atom. The molecule has 1 aliphatic carbocycles. The number of allylic oxidation sites excluding steroid dienone is 1. The van der Waals surface area contributed by atoms with E-state index in [0.717, 1.165) is 61.0 Å². The molecule has 0 heterocycles. The fraction of sp³-hybridized carbons (Fsp3) is 0.535. The SMILES string of the molecule is C=CCCC.C=CCOC(C)=O.CC.CC.CC(=O)OCC(C)C.CC(=O)OCC1c2ccccc2-c2ccccc21.CC(=O)OCCCCC(C)C.CC(=O)OCc1ccccc1.CC(C)=O.CC(C)C[Si](C)(C)C.CCC(C)C.CCc1ccc(CO)cc1.CCc1ccccc1. The van der Waals surface area contributed by atoms with Gasteiger partial charge >= 0.3 is 29.8 Å². The Bertz CT molecular complexity index is 2620. The molecular formula is C86H142O12Si. The smallest absolute Gasteiger partial charge is 0.302 e. The largest absolute Gasteiger partial charge is 0.466 e. The summed E-state index contributed by atoms with van der Waals surface area (Å²) in [6, 6.07) is 46.2. The Morgan fingerprint density at radius 3 is 1.12 bits per heavy atom. The summed E-state index contributed by atoms with van der Waals surface area (Å²) in [5, 5.41) is 8.70. The number of hydrogen-bond donors (Lipinski definition) is 1. The molecule has 5 aromatic carbocycles. The molecule has 0 atom stereocenters. The molecule has 0 radical (unpaired) electrons. The number of hydrogen-bond acceptors (Lipinski definition) is 12. The van der Waals surface area contributed by atoms with Crippen LogP contribution in [0.5, 0.6) is 0 Å². The quantitative estimate of drug-likeness (QED) is 0.0243. The fourth-order valence-corrected chi connectivity index (χ4v) is 10.2. The van der Waals surface area contributed by atoms with Crippen LogP contribution < -0.4 is 0 Å². The van der Waals surface area contributed by atoms with Crippen molar-refractivity contribution in [2.45, 2.75) is 255 Å². The molecule has 0 fully saturated rings. The van der Waals surface area contributed by atoms with Gasteiger partial charge in [-0.25, -0.2) is 0 Å². The third-order valence-electron chi connectivity index (χ3n) is 12.4. The molecule has 0 saturated heterocycles. The average Bonchev–Trinajstić information content (AvgIpc) is 1.62. The monoisotopic (exact) mass is 1400 g/mol. The number of carbonyl (C=O) groups excluding carboxylic acids is 6. The molecule has 99 heavy (non-hydrogen) atoms. The first-order valence-corrected chi connectivity index (χ1v) is 39.7. The maximum atomic E-state index is 11.0. The lowest BCUT2D eigenvalue weighted by Gasteiger charge is -2.17. The average molecular weight is 1400 g/mol. The minimum Gasteiger partial charge on any atom is -0.466 e. The van der Waals surface area contributed by atoms with E-state index in [4.69, 9.17) is 19.3 Å². The van der Waals surface area contributed by atoms with Crippen LogP contribution in [0.25, 0.3) is 11.1 Å². The maximum Gasteiger partial charge on any atom is 0.302 e. The molecule has 6 rings (SSSR count). The minimum absolute atomic E-state index is 0.143. The van der Waals surface area contributed by atoms with E-state index in [1.54, 1.807) is 0 Å². The molecule has 0 spiro atoms. The highest BCUT2D eigenvalue weighted by Crippen LogP contribution is 2.44. The highest BCUT2D eigenvalue weighted by molar-refractivity contribution is 6.76. The van der Waals surface area contributed by atoms with Crippen molar-refractivity contribution in [2.24, 2.45) is 23.7 Å². The molecule has 12 nitrogen and oxygen atoms in total. The molecule has 0 unspecified atom stereocenters. The number of carbonyl (C=O) groups is 6. The van der Waals surface area contributed by atoms with Gasteiger partial charge in [0.05, 0.1) is 19.8 Å². The van der Waals surface area contributed by atoms with Crippen LogP contribution in [0.1, 0.15) is 237 Å². The number of ketones is 1. The maximum absolute atomic E-state index is 11.0. The molecule has 0 aromatic heterocycles. The van der Waals surface area contributed by atoms with Crippen molar-refractivity contribution in [1.29, 1.82) is 0 Å². The first-order valence-electron chi connectivity index (χ1n) is 36.0. The normalized spacial score (nSPS) is 9.81. The number of aryl methyl sites for hydroxylation is 2. The zero-order valence-electron chi connectivity index (χ0n) is 67.2. The summed E-state index contributed by atoms with van der Waals surface area (Å²) >= 11 is 0. The summed E-state index contributed by atoms with van der Waals surface area (Å²) in [5.41, 5.74) is 9.74. The number of esters is 5. The Morgan fingerprint density at radius 2 is 0.848 bits per heavy atom. The van der Waals surface area contributed by atoms with Crippen molar-refractivity contribution in [2.75, 3.05) is 26.4 Å². The van der Waals surface area contributed by atoms with Crippen LogP contribution in [0.4, 0.5) is 0 Å². The standard InChI is InChI=1S/C16H14O2.C9H10O2.C9H18O2.C9H12O.C8H10.C7H18Si.C6H12O2.C5H8O2.C5H12.C5H10.C3H6O.2C2H6/c1-11(17)18-10-16-14-8-4-2-6-12(14)13-7-3-5-9-15(13)16;1-8(10)11-7-9-5-3-2-4-6-9;1-8(2)6-4-5-7-11-9(3)10;1-2-8-3-5-9(7-10)6-4-8;1-2-8-6-4-3-5-7-8;1-7(2)6-8(3,4)5;1-5(2)4-8-6(3)7;1-3-4-7-5(2)6;1-4-5(2)3;1-3-5-4-2;1-3(2)4;2*1-2/h2-9,16H,10H2,1H3;2-6H,7H2,1H3;8H,4-7H2,1-3H3;3-6,10H,2,7H2,1H3;3-7H,2H2,1H3;7H,6H2,1-5H3;5H,4H2,1-3H3;3H,1,4H2,2H3;5H,4H2,1-3H3;3H,1,4-5H2,2H3;1-2H3;2*1-2H3.